The number of benzene rings is 2. The molecule has 0 spiro atoms. The number of hydrogen-bond acceptors (Lipinski definition) is 4. The molecule has 1 fully saturated rings. The first kappa shape index (κ1) is 20.7. The van der Waals surface area contributed by atoms with Crippen molar-refractivity contribution in [2.45, 2.75) is 44.1 Å². The Hall–Kier alpha value is -3.19. The number of hydrogen-bond donors (Lipinski definition) is 3. The topological polar surface area (TPSA) is 98.7 Å². The molecule has 1 atom stereocenters. The van der Waals surface area contributed by atoms with Crippen molar-refractivity contribution in [1.29, 1.82) is 0 Å². The minimum atomic E-state index is -1.18. The lowest BCUT2D eigenvalue weighted by atomic mass is 9.88. The Bertz CT molecular complexity index is 1060. The van der Waals surface area contributed by atoms with Crippen molar-refractivity contribution in [3.8, 4) is 0 Å². The molecular weight excluding hydrogens is 406 g/mol. The number of aliphatic hydroxyl groups is 1. The number of rotatable bonds is 5. The van der Waals surface area contributed by atoms with Crippen LogP contribution in [0.15, 0.2) is 42.5 Å². The zero-order chi connectivity index (χ0) is 22.3. The van der Waals surface area contributed by atoms with Gasteiger partial charge in [-0.05, 0) is 66.8 Å². The summed E-state index contributed by atoms with van der Waals surface area (Å²) in [5, 5.41) is 16.5. The maximum Gasteiger partial charge on any atom is 0.313 e. The fourth-order valence-electron chi connectivity index (χ4n) is 4.98. The van der Waals surface area contributed by atoms with Crippen LogP contribution in [-0.4, -0.2) is 35.9 Å². The van der Waals surface area contributed by atoms with E-state index in [1.165, 1.54) is 0 Å². The second-order valence-electron chi connectivity index (χ2n) is 8.99. The average molecular weight is 434 g/mol. The minimum Gasteiger partial charge on any atom is -0.383 e. The largest absolute Gasteiger partial charge is 0.383 e. The van der Waals surface area contributed by atoms with Crippen LogP contribution in [0, 0.1) is 5.92 Å². The summed E-state index contributed by atoms with van der Waals surface area (Å²) in [6.07, 6.45) is 4.61. The van der Waals surface area contributed by atoms with E-state index in [2.05, 4.69) is 10.6 Å². The van der Waals surface area contributed by atoms with Crippen molar-refractivity contribution in [2.75, 3.05) is 23.3 Å². The van der Waals surface area contributed by atoms with Crippen LogP contribution in [-0.2, 0) is 32.8 Å². The number of carbonyl (C=O) groups excluding carboxylic acids is 3. The highest BCUT2D eigenvalue weighted by molar-refractivity contribution is 6.39. The van der Waals surface area contributed by atoms with Gasteiger partial charge in [-0.3, -0.25) is 14.4 Å². The van der Waals surface area contributed by atoms with E-state index in [9.17, 15) is 19.5 Å². The Morgan fingerprint density at radius 1 is 1.03 bits per heavy atom. The summed E-state index contributed by atoms with van der Waals surface area (Å²) in [5.74, 6) is -1.31. The van der Waals surface area contributed by atoms with E-state index in [-0.39, 0.29) is 18.4 Å². The summed E-state index contributed by atoms with van der Waals surface area (Å²) in [4.78, 5) is 39.2. The number of carbonyl (C=O) groups is 3. The zero-order valence-corrected chi connectivity index (χ0v) is 17.9. The molecule has 2 aromatic carbocycles. The number of aryl methyl sites for hydroxylation is 2. The van der Waals surface area contributed by atoms with Gasteiger partial charge in [0.1, 0.15) is 5.60 Å². The zero-order valence-electron chi connectivity index (χ0n) is 17.9. The molecule has 0 saturated heterocycles. The SMILES string of the molecule is O=C(NCC(O)(c1ccccc1)C1CC1)C(=O)Nc1cc2c3c(c1)CCC(=O)N3CCC2. The molecule has 3 amide bonds. The molecule has 2 aliphatic heterocycles. The molecule has 1 unspecified atom stereocenters. The van der Waals surface area contributed by atoms with E-state index in [1.807, 2.05) is 47.4 Å². The molecule has 7 heteroatoms. The van der Waals surface area contributed by atoms with Gasteiger partial charge in [-0.15, -0.1) is 0 Å². The summed E-state index contributed by atoms with van der Waals surface area (Å²) in [6, 6.07) is 13.0. The van der Waals surface area contributed by atoms with Gasteiger partial charge in [0.05, 0.1) is 12.2 Å². The van der Waals surface area contributed by atoms with Gasteiger partial charge in [0.25, 0.3) is 0 Å². The second kappa shape index (κ2) is 8.06. The smallest absolute Gasteiger partial charge is 0.313 e. The van der Waals surface area contributed by atoms with Crippen molar-refractivity contribution < 1.29 is 19.5 Å². The first-order chi connectivity index (χ1) is 15.5. The van der Waals surface area contributed by atoms with Crippen molar-refractivity contribution in [1.82, 2.24) is 5.32 Å². The normalized spacial score (nSPS) is 19.0. The highest BCUT2D eigenvalue weighted by Crippen LogP contribution is 2.45. The van der Waals surface area contributed by atoms with Crippen LogP contribution in [0.25, 0.3) is 0 Å². The van der Waals surface area contributed by atoms with Gasteiger partial charge in [-0.1, -0.05) is 30.3 Å². The summed E-state index contributed by atoms with van der Waals surface area (Å²) in [5.41, 5.74) is 3.18. The van der Waals surface area contributed by atoms with Crippen molar-refractivity contribution >= 4 is 29.1 Å². The Labute approximate surface area is 186 Å². The highest BCUT2D eigenvalue weighted by atomic mass is 16.3. The predicted molar refractivity (Wildman–Crippen MR) is 120 cm³/mol. The van der Waals surface area contributed by atoms with Crippen LogP contribution in [0.5, 0.6) is 0 Å². The molecule has 0 radical (unpaired) electrons. The lowest BCUT2D eigenvalue weighted by Gasteiger charge is -2.35. The Kier molecular flexibility index (Phi) is 5.21. The van der Waals surface area contributed by atoms with Crippen LogP contribution in [0.4, 0.5) is 11.4 Å². The van der Waals surface area contributed by atoms with E-state index in [1.54, 1.807) is 0 Å². The third kappa shape index (κ3) is 3.77. The van der Waals surface area contributed by atoms with E-state index < -0.39 is 17.4 Å². The summed E-state index contributed by atoms with van der Waals surface area (Å²) < 4.78 is 0. The Morgan fingerprint density at radius 3 is 2.47 bits per heavy atom. The van der Waals surface area contributed by atoms with Crippen LogP contribution >= 0.6 is 0 Å². The van der Waals surface area contributed by atoms with E-state index in [4.69, 9.17) is 0 Å². The maximum atomic E-state index is 12.6. The fourth-order valence-corrected chi connectivity index (χ4v) is 4.98. The number of nitrogens with one attached hydrogen (secondary N) is 2. The molecule has 1 aliphatic carbocycles. The first-order valence-corrected chi connectivity index (χ1v) is 11.3. The van der Waals surface area contributed by atoms with Gasteiger partial charge in [-0.2, -0.15) is 0 Å². The molecule has 7 nitrogen and oxygen atoms in total. The van der Waals surface area contributed by atoms with E-state index >= 15 is 0 Å². The molecule has 1 saturated carbocycles. The lowest BCUT2D eigenvalue weighted by Crippen LogP contribution is -2.45. The van der Waals surface area contributed by atoms with Crippen molar-refractivity contribution in [3.63, 3.8) is 0 Å². The van der Waals surface area contributed by atoms with Gasteiger partial charge in [-0.25, -0.2) is 0 Å². The predicted octanol–water partition coefficient (Wildman–Crippen LogP) is 2.26. The van der Waals surface area contributed by atoms with Gasteiger partial charge >= 0.3 is 11.8 Å². The first-order valence-electron chi connectivity index (χ1n) is 11.3. The van der Waals surface area contributed by atoms with Crippen molar-refractivity contribution in [2.24, 2.45) is 5.92 Å². The van der Waals surface area contributed by atoms with Gasteiger partial charge < -0.3 is 20.6 Å². The minimum absolute atomic E-state index is 0.0134. The summed E-state index contributed by atoms with van der Waals surface area (Å²) >= 11 is 0. The molecule has 5 rings (SSSR count). The Morgan fingerprint density at radius 2 is 1.75 bits per heavy atom. The fraction of sp³-hybridized carbons (Fsp3) is 0.400. The summed E-state index contributed by atoms with van der Waals surface area (Å²) in [6.45, 7) is 0.721. The number of anilines is 2. The third-order valence-electron chi connectivity index (χ3n) is 6.78. The van der Waals surface area contributed by atoms with Crippen LogP contribution in [0.3, 0.4) is 0 Å². The number of nitrogens with zero attached hydrogens (tertiary/aromatic N) is 1. The van der Waals surface area contributed by atoms with Crippen LogP contribution in [0.1, 0.15) is 42.4 Å². The second-order valence-corrected chi connectivity index (χ2v) is 8.99. The lowest BCUT2D eigenvalue weighted by molar-refractivity contribution is -0.137. The maximum absolute atomic E-state index is 12.6. The highest BCUT2D eigenvalue weighted by Gasteiger charge is 2.45. The molecule has 3 N–H and O–H groups in total. The molecule has 0 aromatic heterocycles. The molecule has 2 aromatic rings. The number of amides is 3. The van der Waals surface area contributed by atoms with Crippen molar-refractivity contribution in [3.05, 3.63) is 59.2 Å². The molecule has 2 heterocycles. The monoisotopic (exact) mass is 433 g/mol. The average Bonchev–Trinajstić information content (AvgIpc) is 3.66. The molecule has 166 valence electrons. The molecule has 3 aliphatic rings. The van der Waals surface area contributed by atoms with Gasteiger partial charge in [0.2, 0.25) is 5.91 Å². The van der Waals surface area contributed by atoms with Gasteiger partial charge in [0, 0.05) is 18.7 Å². The van der Waals surface area contributed by atoms with E-state index in [0.717, 1.165) is 54.6 Å². The molecule has 0 bridgehead atoms. The summed E-state index contributed by atoms with van der Waals surface area (Å²) in [7, 11) is 0. The molecule has 32 heavy (non-hydrogen) atoms. The Balaban J connectivity index is 1.27. The molecular formula is C25H27N3O4. The van der Waals surface area contributed by atoms with Crippen LogP contribution in [0.2, 0.25) is 0 Å². The third-order valence-corrected chi connectivity index (χ3v) is 6.78. The van der Waals surface area contributed by atoms with Crippen LogP contribution < -0.4 is 15.5 Å². The van der Waals surface area contributed by atoms with E-state index in [0.29, 0.717) is 18.5 Å². The van der Waals surface area contributed by atoms with Gasteiger partial charge in [0.15, 0.2) is 0 Å². The standard InChI is InChI=1S/C25H27N3O4/c29-21-11-8-17-14-20(13-16-5-4-12-28(21)22(16)17)27-24(31)23(30)26-15-25(32,19-9-10-19)18-6-2-1-3-7-18/h1-3,6-7,13-14,19,32H,4-5,8-12,15H2,(H,26,30)(H,27,31). The quantitative estimate of drug-likeness (QED) is 0.630.